The number of allylic oxidation sites excluding steroid dienone is 1. The van der Waals surface area contributed by atoms with E-state index in [1.807, 2.05) is 0 Å². The molecule has 4 saturated heterocycles. The molecule has 4 heterocycles. The predicted octanol–water partition coefficient (Wildman–Crippen LogP) is -1.95. The summed E-state index contributed by atoms with van der Waals surface area (Å²) in [6.45, 7) is 12.8. The first-order valence-electron chi connectivity index (χ1n) is 27.3. The number of ether oxygens (including phenoxy) is 8. The van der Waals surface area contributed by atoms with Crippen LogP contribution in [0.1, 0.15) is 106 Å². The molecule has 4 saturated carbocycles. The second-order valence-corrected chi connectivity index (χ2v) is 25.8. The van der Waals surface area contributed by atoms with E-state index in [9.17, 15) is 71.5 Å². The van der Waals surface area contributed by atoms with Crippen molar-refractivity contribution in [1.82, 2.24) is 0 Å². The van der Waals surface area contributed by atoms with E-state index in [1.165, 1.54) is 12.5 Å². The molecule has 9 rings (SSSR count). The molecule has 432 valence electrons. The molecule has 9 aliphatic rings. The summed E-state index contributed by atoms with van der Waals surface area (Å²) in [5, 5.41) is 153. The second-order valence-electron chi connectivity index (χ2n) is 25.8. The smallest absolute Gasteiger partial charge is 0.187 e. The normalized spacial score (nSPS) is 55.9. The molecular formula is C53H88O22. The van der Waals surface area contributed by atoms with Crippen molar-refractivity contribution in [1.29, 1.82) is 0 Å². The van der Waals surface area contributed by atoms with E-state index in [2.05, 4.69) is 47.6 Å². The van der Waals surface area contributed by atoms with Crippen molar-refractivity contribution < 1.29 is 109 Å². The molecule has 0 radical (unpaired) electrons. The van der Waals surface area contributed by atoms with Gasteiger partial charge in [0.1, 0.15) is 85.5 Å². The average Bonchev–Trinajstić information content (AvgIpc) is 3.46. The van der Waals surface area contributed by atoms with Gasteiger partial charge < -0.3 is 109 Å². The lowest BCUT2D eigenvalue weighted by atomic mass is 9.33. The summed E-state index contributed by atoms with van der Waals surface area (Å²) in [4.78, 5) is 0. The van der Waals surface area contributed by atoms with Crippen LogP contribution in [0.3, 0.4) is 0 Å². The molecular weight excluding hydrogens is 989 g/mol. The lowest BCUT2D eigenvalue weighted by Gasteiger charge is -2.72. The van der Waals surface area contributed by atoms with E-state index in [-0.39, 0.29) is 47.2 Å². The van der Waals surface area contributed by atoms with Crippen molar-refractivity contribution in [3.8, 4) is 0 Å². The van der Waals surface area contributed by atoms with Crippen molar-refractivity contribution in [3.63, 3.8) is 0 Å². The molecule has 0 bridgehead atoms. The van der Waals surface area contributed by atoms with Crippen molar-refractivity contribution in [3.05, 3.63) is 11.6 Å². The van der Waals surface area contributed by atoms with Gasteiger partial charge in [-0.25, -0.2) is 0 Å². The van der Waals surface area contributed by atoms with Crippen LogP contribution in [-0.4, -0.2) is 233 Å². The van der Waals surface area contributed by atoms with Gasteiger partial charge in [0, 0.05) is 24.0 Å². The van der Waals surface area contributed by atoms with Crippen LogP contribution in [0.2, 0.25) is 0 Å². The third-order valence-electron chi connectivity index (χ3n) is 21.4. The molecule has 0 aromatic heterocycles. The summed E-state index contributed by atoms with van der Waals surface area (Å²) in [7, 11) is 0. The molecule has 22 nitrogen and oxygen atoms in total. The Labute approximate surface area is 438 Å². The first-order chi connectivity index (χ1) is 35.2. The average molecular weight is 1080 g/mol. The summed E-state index contributed by atoms with van der Waals surface area (Å²) < 4.78 is 49.0. The van der Waals surface area contributed by atoms with Gasteiger partial charge in [-0.15, -0.1) is 0 Å². The third kappa shape index (κ3) is 9.44. The summed E-state index contributed by atoms with van der Waals surface area (Å²) in [5.41, 5.74) is -1.21. The highest BCUT2D eigenvalue weighted by molar-refractivity contribution is 5.36. The monoisotopic (exact) mass is 1080 g/mol. The zero-order chi connectivity index (χ0) is 54.7. The first-order valence-corrected chi connectivity index (χ1v) is 27.3. The van der Waals surface area contributed by atoms with Gasteiger partial charge in [0.2, 0.25) is 0 Å². The Kier molecular flexibility index (Phi) is 16.6. The van der Waals surface area contributed by atoms with Crippen LogP contribution in [0, 0.1) is 50.2 Å². The maximum atomic E-state index is 12.5. The zero-order valence-electron chi connectivity index (χ0n) is 44.4. The van der Waals surface area contributed by atoms with Gasteiger partial charge in [0.25, 0.3) is 0 Å². The highest BCUT2D eigenvalue weighted by Gasteiger charge is 2.71. The third-order valence-corrected chi connectivity index (χ3v) is 21.4. The Bertz CT molecular complexity index is 2020. The molecule has 29 atom stereocenters. The number of aliphatic hydroxyl groups is 14. The van der Waals surface area contributed by atoms with E-state index >= 15 is 0 Å². The molecule has 14 N–H and O–H groups in total. The summed E-state index contributed by atoms with van der Waals surface area (Å²) in [6, 6.07) is 0. The molecule has 22 heteroatoms. The zero-order valence-corrected chi connectivity index (χ0v) is 44.4. The van der Waals surface area contributed by atoms with Gasteiger partial charge >= 0.3 is 0 Å². The molecule has 0 spiro atoms. The minimum atomic E-state index is -1.90. The number of rotatable bonds is 12. The highest BCUT2D eigenvalue weighted by atomic mass is 16.8. The molecule has 0 aromatic rings. The van der Waals surface area contributed by atoms with Crippen LogP contribution in [0.4, 0.5) is 0 Å². The lowest BCUT2D eigenvalue weighted by Crippen LogP contribution is -2.68. The Balaban J connectivity index is 0.975. The lowest BCUT2D eigenvalue weighted by molar-refractivity contribution is -0.394. The molecule has 0 unspecified atom stereocenters. The van der Waals surface area contributed by atoms with Crippen LogP contribution in [0.15, 0.2) is 11.6 Å². The van der Waals surface area contributed by atoms with Gasteiger partial charge in [-0.1, -0.05) is 53.2 Å². The number of aliphatic hydroxyl groups excluding tert-OH is 14. The number of hydrogen-bond donors (Lipinski definition) is 14. The fraction of sp³-hybridized carbons (Fsp3) is 0.962. The summed E-state index contributed by atoms with van der Waals surface area (Å²) >= 11 is 0. The van der Waals surface area contributed by atoms with Crippen LogP contribution >= 0.6 is 0 Å². The standard InChI is InChI=1S/C53H88O22/c1-23-33(59)37(63)40(66)44(69-23)75-43-39(65)35(61)27(19-55)71-47(43)72-28-20-68-46(42(36(28)62)74-45-41(67)38(64)34(60)26(18-54)70-45)73-32-11-12-50(5)29(48(32,2)3)10-13-51(6)30(50)9-8-24-25-16-49(4,21-56)14-15-53(25,22-57)17-31(58)52(24,51)7/h8,23,25-47,54-67H,9-22H2,1-7H3/t23-,25+,26-,27-,28+,29+,30-,31+,32+,33+,34-,35-,36+,37-,38+,39+,40-,41-,42-,43-,44+,45+,46+,47+,49+,50+,51-,52+,53-/m1/s1. The molecule has 75 heavy (non-hydrogen) atoms. The maximum Gasteiger partial charge on any atom is 0.187 e. The highest BCUT2D eigenvalue weighted by Crippen LogP contribution is 2.76. The predicted molar refractivity (Wildman–Crippen MR) is 258 cm³/mol. The van der Waals surface area contributed by atoms with Crippen LogP contribution < -0.4 is 0 Å². The molecule has 0 amide bonds. The Morgan fingerprint density at radius 1 is 0.560 bits per heavy atom. The molecule has 0 aromatic carbocycles. The van der Waals surface area contributed by atoms with Gasteiger partial charge in [0.05, 0.1) is 38.1 Å². The number of fused-ring (bicyclic) bond motifs is 7. The van der Waals surface area contributed by atoms with Crippen LogP contribution in [-0.2, 0) is 37.9 Å². The number of hydrogen-bond acceptors (Lipinski definition) is 22. The minimum Gasteiger partial charge on any atom is -0.396 e. The Hall–Kier alpha value is -1.14. The molecule has 4 aliphatic heterocycles. The van der Waals surface area contributed by atoms with Crippen molar-refractivity contribution >= 4 is 0 Å². The largest absolute Gasteiger partial charge is 0.396 e. The quantitative estimate of drug-likeness (QED) is 0.0746. The van der Waals surface area contributed by atoms with Gasteiger partial charge in [-0.3, -0.25) is 0 Å². The summed E-state index contributed by atoms with van der Waals surface area (Å²) in [5.74, 6) is 0.268. The van der Waals surface area contributed by atoms with E-state index in [0.29, 0.717) is 12.8 Å². The Morgan fingerprint density at radius 3 is 1.79 bits per heavy atom. The van der Waals surface area contributed by atoms with Gasteiger partial charge in [-0.2, -0.15) is 0 Å². The van der Waals surface area contributed by atoms with E-state index in [4.69, 9.17) is 37.9 Å². The fourth-order valence-electron chi connectivity index (χ4n) is 16.4. The summed E-state index contributed by atoms with van der Waals surface area (Å²) in [6.07, 6.45) is -23.7. The van der Waals surface area contributed by atoms with Crippen molar-refractivity contribution in [2.45, 2.75) is 235 Å². The van der Waals surface area contributed by atoms with Crippen molar-refractivity contribution in [2.75, 3.05) is 33.0 Å². The van der Waals surface area contributed by atoms with Crippen LogP contribution in [0.25, 0.3) is 0 Å². The van der Waals surface area contributed by atoms with Gasteiger partial charge in [-0.05, 0) is 104 Å². The first kappa shape index (κ1) is 58.5. The maximum absolute atomic E-state index is 12.5. The van der Waals surface area contributed by atoms with Crippen LogP contribution in [0.5, 0.6) is 0 Å². The second kappa shape index (κ2) is 21.3. The topological polar surface area (TPSA) is 357 Å². The van der Waals surface area contributed by atoms with Gasteiger partial charge in [0.15, 0.2) is 25.2 Å². The SMILES string of the molecule is C[C@H]1O[C@@H](O[C@H]2[C@H](O[C@H]3CO[C@@H](O[C@H]4CC[C@]5(C)[C@H]6CC=C7[C@@H]8C[C@@](C)(CO)CC[C@]8(CO)C[C@H](O)[C@@]7(C)[C@]6(C)CC[C@H]5C4(C)C)[C@H](O[C@@H]4O[C@H](CO)[C@@H](O)[C@H](O)[C@H]4O)[C@H]3O)O[C@H](CO)[C@@H](O)[C@@H]2O)[C@H](O)[C@H](O)[C@H]1O. The van der Waals surface area contributed by atoms with E-state index < -0.39 is 165 Å². The van der Waals surface area contributed by atoms with E-state index in [1.54, 1.807) is 0 Å². The molecule has 5 aliphatic carbocycles. The Morgan fingerprint density at radius 2 is 1.16 bits per heavy atom. The van der Waals surface area contributed by atoms with Crippen molar-refractivity contribution in [2.24, 2.45) is 50.2 Å². The molecule has 8 fully saturated rings. The fourth-order valence-corrected chi connectivity index (χ4v) is 16.4. The minimum absolute atomic E-state index is 0.0194. The van der Waals surface area contributed by atoms with E-state index in [0.717, 1.165) is 44.9 Å².